The predicted octanol–water partition coefficient (Wildman–Crippen LogP) is 11.5. The third-order valence-corrected chi connectivity index (χ3v) is 8.50. The van der Waals surface area contributed by atoms with Crippen molar-refractivity contribution in [2.45, 2.75) is 6.92 Å². The van der Waals surface area contributed by atoms with Crippen molar-refractivity contribution in [2.75, 3.05) is 0 Å². The van der Waals surface area contributed by atoms with Crippen LogP contribution >= 0.6 is 0 Å². The van der Waals surface area contributed by atoms with E-state index in [4.69, 9.17) is 4.98 Å². The zero-order valence-electron chi connectivity index (χ0n) is 24.0. The summed E-state index contributed by atoms with van der Waals surface area (Å²) in [6, 6.07) is 57.0. The van der Waals surface area contributed by atoms with Crippen LogP contribution in [0.15, 0.2) is 158 Å². The van der Waals surface area contributed by atoms with Gasteiger partial charge in [0, 0.05) is 11.3 Å². The van der Waals surface area contributed by atoms with E-state index in [1.165, 1.54) is 65.7 Å². The van der Waals surface area contributed by atoms with Crippen molar-refractivity contribution >= 4 is 32.3 Å². The molecule has 7 aromatic carbocycles. The van der Waals surface area contributed by atoms with Crippen LogP contribution in [0.1, 0.15) is 5.69 Å². The molecule has 0 saturated heterocycles. The molecule has 8 rings (SSSR count). The second-order valence-corrected chi connectivity index (χ2v) is 11.2. The number of rotatable bonds is 4. The normalized spacial score (nSPS) is 11.4. The Kier molecular flexibility index (Phi) is 6.09. The van der Waals surface area contributed by atoms with Crippen molar-refractivity contribution in [1.82, 2.24) is 4.98 Å². The Hall–Kier alpha value is -5.53. The second-order valence-electron chi connectivity index (χ2n) is 11.2. The molecule has 0 aliphatic carbocycles. The van der Waals surface area contributed by atoms with Gasteiger partial charge in [-0.15, -0.1) is 0 Å². The maximum absolute atomic E-state index is 4.73. The summed E-state index contributed by atoms with van der Waals surface area (Å²) in [6.45, 7) is 2.04. The molecule has 0 aliphatic heterocycles. The van der Waals surface area contributed by atoms with Crippen LogP contribution in [0, 0.1) is 6.92 Å². The number of pyridine rings is 1. The van der Waals surface area contributed by atoms with E-state index in [2.05, 4.69) is 152 Å². The molecule has 0 saturated carbocycles. The number of benzene rings is 7. The lowest BCUT2D eigenvalue weighted by molar-refractivity contribution is 1.21. The smallest absolute Gasteiger partial charge is 0.0705 e. The van der Waals surface area contributed by atoms with E-state index in [1.807, 2.05) is 13.0 Å². The van der Waals surface area contributed by atoms with E-state index in [-0.39, 0.29) is 0 Å². The summed E-state index contributed by atoms with van der Waals surface area (Å²) >= 11 is 0. The van der Waals surface area contributed by atoms with Crippen LogP contribution < -0.4 is 0 Å². The van der Waals surface area contributed by atoms with Crippen molar-refractivity contribution in [1.29, 1.82) is 0 Å². The minimum absolute atomic E-state index is 1.00. The lowest BCUT2D eigenvalue weighted by atomic mass is 9.85. The average Bonchev–Trinajstić information content (AvgIpc) is 3.07. The molecule has 1 heteroatoms. The van der Waals surface area contributed by atoms with Crippen LogP contribution in [0.25, 0.3) is 77.0 Å². The molecule has 0 bridgehead atoms. The molecule has 8 aromatic rings. The van der Waals surface area contributed by atoms with Crippen molar-refractivity contribution in [3.8, 4) is 44.6 Å². The maximum atomic E-state index is 4.73. The topological polar surface area (TPSA) is 12.9 Å². The second kappa shape index (κ2) is 10.4. The molecule has 0 unspecified atom stereocenters. The van der Waals surface area contributed by atoms with Crippen LogP contribution in [-0.4, -0.2) is 4.98 Å². The highest BCUT2D eigenvalue weighted by atomic mass is 14.7. The van der Waals surface area contributed by atoms with E-state index < -0.39 is 0 Å². The standard InChI is InChI=1S/C42H29N/c1-28-11-9-20-40(43-28)34-15-10-14-30(26-34)31-21-22-33-27-35(24-23-32(33)25-31)42-38-18-7-5-16-36(38)41(29-12-3-2-4-13-29)37-17-6-8-19-39(37)42/h2-27H,1H3. The molecule has 202 valence electrons. The Morgan fingerprint density at radius 3 is 1.49 bits per heavy atom. The molecule has 0 N–H and O–H groups in total. The number of hydrogen-bond donors (Lipinski definition) is 0. The summed E-state index contributed by atoms with van der Waals surface area (Å²) in [5.74, 6) is 0. The third kappa shape index (κ3) is 4.47. The Morgan fingerprint density at radius 2 is 0.837 bits per heavy atom. The Bertz CT molecular complexity index is 2240. The third-order valence-electron chi connectivity index (χ3n) is 8.50. The van der Waals surface area contributed by atoms with Crippen LogP contribution in [-0.2, 0) is 0 Å². The summed E-state index contributed by atoms with van der Waals surface area (Å²) in [7, 11) is 0. The molecular weight excluding hydrogens is 518 g/mol. The van der Waals surface area contributed by atoms with E-state index in [0.29, 0.717) is 0 Å². The van der Waals surface area contributed by atoms with Gasteiger partial charge in [-0.05, 0) is 103 Å². The fourth-order valence-corrected chi connectivity index (χ4v) is 6.50. The molecule has 0 atom stereocenters. The van der Waals surface area contributed by atoms with Crippen LogP contribution in [0.2, 0.25) is 0 Å². The first-order valence-electron chi connectivity index (χ1n) is 14.8. The zero-order valence-corrected chi connectivity index (χ0v) is 24.0. The van der Waals surface area contributed by atoms with Gasteiger partial charge in [0.1, 0.15) is 0 Å². The van der Waals surface area contributed by atoms with Gasteiger partial charge in [0.25, 0.3) is 0 Å². The van der Waals surface area contributed by atoms with Crippen LogP contribution in [0.5, 0.6) is 0 Å². The van der Waals surface area contributed by atoms with Gasteiger partial charge in [-0.1, -0.05) is 127 Å². The summed E-state index contributed by atoms with van der Waals surface area (Å²) < 4.78 is 0. The van der Waals surface area contributed by atoms with E-state index in [9.17, 15) is 0 Å². The van der Waals surface area contributed by atoms with Crippen molar-refractivity contribution < 1.29 is 0 Å². The fourth-order valence-electron chi connectivity index (χ4n) is 6.50. The SMILES string of the molecule is Cc1cccc(-c2cccc(-c3ccc4cc(-c5c6ccccc6c(-c6ccccc6)c6ccccc56)ccc4c3)c2)n1. The largest absolute Gasteiger partial charge is 0.253 e. The highest BCUT2D eigenvalue weighted by Crippen LogP contribution is 2.44. The van der Waals surface area contributed by atoms with Crippen molar-refractivity contribution in [2.24, 2.45) is 0 Å². The lowest BCUT2D eigenvalue weighted by Gasteiger charge is -2.18. The summed E-state index contributed by atoms with van der Waals surface area (Å²) in [5.41, 5.74) is 10.6. The molecule has 1 nitrogen and oxygen atoms in total. The first-order chi connectivity index (χ1) is 21.2. The van der Waals surface area contributed by atoms with Crippen molar-refractivity contribution in [3.63, 3.8) is 0 Å². The van der Waals surface area contributed by atoms with Crippen molar-refractivity contribution in [3.05, 3.63) is 163 Å². The number of fused-ring (bicyclic) bond motifs is 3. The van der Waals surface area contributed by atoms with E-state index >= 15 is 0 Å². The molecule has 1 heterocycles. The van der Waals surface area contributed by atoms with Gasteiger partial charge in [0.2, 0.25) is 0 Å². The van der Waals surface area contributed by atoms with Gasteiger partial charge in [-0.2, -0.15) is 0 Å². The molecule has 0 aliphatic rings. The number of nitrogens with zero attached hydrogens (tertiary/aromatic N) is 1. The van der Waals surface area contributed by atoms with Gasteiger partial charge in [0.05, 0.1) is 5.69 Å². The molecule has 1 aromatic heterocycles. The molecule has 0 radical (unpaired) electrons. The quantitative estimate of drug-likeness (QED) is 0.200. The minimum atomic E-state index is 1.00. The Labute approximate surface area is 251 Å². The minimum Gasteiger partial charge on any atom is -0.253 e. The maximum Gasteiger partial charge on any atom is 0.0705 e. The van der Waals surface area contributed by atoms with E-state index in [0.717, 1.165) is 17.0 Å². The van der Waals surface area contributed by atoms with Crippen LogP contribution in [0.3, 0.4) is 0 Å². The first kappa shape index (κ1) is 25.2. The lowest BCUT2D eigenvalue weighted by Crippen LogP contribution is -1.91. The summed E-state index contributed by atoms with van der Waals surface area (Å²) in [6.07, 6.45) is 0. The number of aryl methyl sites for hydroxylation is 1. The van der Waals surface area contributed by atoms with Gasteiger partial charge >= 0.3 is 0 Å². The van der Waals surface area contributed by atoms with Gasteiger partial charge in [-0.25, -0.2) is 0 Å². The number of aromatic nitrogens is 1. The van der Waals surface area contributed by atoms with Gasteiger partial charge in [0.15, 0.2) is 0 Å². The molecular formula is C42H29N. The monoisotopic (exact) mass is 547 g/mol. The molecule has 0 amide bonds. The molecule has 0 spiro atoms. The fraction of sp³-hybridized carbons (Fsp3) is 0.0238. The highest BCUT2D eigenvalue weighted by molar-refractivity contribution is 6.21. The zero-order chi connectivity index (χ0) is 28.8. The average molecular weight is 548 g/mol. The highest BCUT2D eigenvalue weighted by Gasteiger charge is 2.16. The first-order valence-corrected chi connectivity index (χ1v) is 14.8. The summed E-state index contributed by atoms with van der Waals surface area (Å²) in [5, 5.41) is 7.57. The van der Waals surface area contributed by atoms with Crippen LogP contribution in [0.4, 0.5) is 0 Å². The number of hydrogen-bond acceptors (Lipinski definition) is 1. The Balaban J connectivity index is 1.27. The summed E-state index contributed by atoms with van der Waals surface area (Å²) in [4.78, 5) is 4.73. The molecule has 43 heavy (non-hydrogen) atoms. The van der Waals surface area contributed by atoms with Gasteiger partial charge in [-0.3, -0.25) is 4.98 Å². The molecule has 0 fully saturated rings. The van der Waals surface area contributed by atoms with Gasteiger partial charge < -0.3 is 0 Å². The predicted molar refractivity (Wildman–Crippen MR) is 183 cm³/mol. The van der Waals surface area contributed by atoms with E-state index in [1.54, 1.807) is 0 Å². The Morgan fingerprint density at radius 1 is 0.349 bits per heavy atom.